The molecular weight excluding hydrogens is 292 g/mol. The van der Waals surface area contributed by atoms with Crippen molar-refractivity contribution in [3.05, 3.63) is 71.3 Å². The number of nitrogens with zero attached hydrogens (tertiary/aromatic N) is 1. The number of aromatic hydroxyl groups is 1. The van der Waals surface area contributed by atoms with Crippen LogP contribution in [0.3, 0.4) is 0 Å². The highest BCUT2D eigenvalue weighted by atomic mass is 16.5. The third kappa shape index (κ3) is 5.21. The summed E-state index contributed by atoms with van der Waals surface area (Å²) in [7, 11) is 0. The molecule has 0 aromatic heterocycles. The van der Waals surface area contributed by atoms with Gasteiger partial charge in [-0.15, -0.1) is 0 Å². The number of benzene rings is 2. The molecule has 23 heavy (non-hydrogen) atoms. The van der Waals surface area contributed by atoms with Crippen LogP contribution in [0.25, 0.3) is 6.08 Å². The second-order valence-electron chi connectivity index (χ2n) is 4.73. The number of ether oxygens (including phenoxy) is 1. The molecule has 0 spiro atoms. The Morgan fingerprint density at radius 1 is 1.26 bits per heavy atom. The van der Waals surface area contributed by atoms with Crippen LogP contribution in [0, 0.1) is 11.3 Å². The molecule has 0 unspecified atom stereocenters. The maximum absolute atomic E-state index is 11.5. The van der Waals surface area contributed by atoms with Crippen molar-refractivity contribution < 1.29 is 14.6 Å². The van der Waals surface area contributed by atoms with Crippen LogP contribution in [0.5, 0.6) is 5.75 Å². The van der Waals surface area contributed by atoms with Crippen molar-refractivity contribution in [3.63, 3.8) is 0 Å². The van der Waals surface area contributed by atoms with Gasteiger partial charge in [-0.3, -0.25) is 0 Å². The summed E-state index contributed by atoms with van der Waals surface area (Å²) in [6.07, 6.45) is 2.78. The van der Waals surface area contributed by atoms with E-state index in [2.05, 4.69) is 5.32 Å². The first-order valence-electron chi connectivity index (χ1n) is 7.03. The van der Waals surface area contributed by atoms with Gasteiger partial charge < -0.3 is 15.2 Å². The second-order valence-corrected chi connectivity index (χ2v) is 4.73. The van der Waals surface area contributed by atoms with Gasteiger partial charge in [0, 0.05) is 12.1 Å². The number of phenolic OH excluding ortho intramolecular Hbond substituents is 1. The molecule has 2 aromatic carbocycles. The van der Waals surface area contributed by atoms with E-state index < -0.39 is 6.09 Å². The highest BCUT2D eigenvalue weighted by Crippen LogP contribution is 2.19. The Morgan fingerprint density at radius 3 is 2.78 bits per heavy atom. The van der Waals surface area contributed by atoms with Crippen molar-refractivity contribution in [3.8, 4) is 11.8 Å². The molecule has 0 aliphatic carbocycles. The Morgan fingerprint density at radius 2 is 2.04 bits per heavy atom. The van der Waals surface area contributed by atoms with Crippen molar-refractivity contribution in [2.45, 2.75) is 6.61 Å². The molecule has 0 bridgehead atoms. The minimum absolute atomic E-state index is 0.0758. The van der Waals surface area contributed by atoms with Gasteiger partial charge in [0.05, 0.1) is 11.6 Å². The summed E-state index contributed by atoms with van der Waals surface area (Å²) in [4.78, 5) is 11.5. The third-order valence-electron chi connectivity index (χ3n) is 3.03. The highest BCUT2D eigenvalue weighted by Gasteiger charge is 2.01. The Hall–Kier alpha value is -3.26. The topological polar surface area (TPSA) is 82.4 Å². The first-order valence-corrected chi connectivity index (χ1v) is 7.03. The van der Waals surface area contributed by atoms with Gasteiger partial charge in [-0.1, -0.05) is 42.5 Å². The lowest BCUT2D eigenvalue weighted by molar-refractivity contribution is 0.141. The van der Waals surface area contributed by atoms with Gasteiger partial charge >= 0.3 is 6.09 Å². The van der Waals surface area contributed by atoms with Crippen LogP contribution in [0.4, 0.5) is 4.79 Å². The molecule has 0 aliphatic heterocycles. The Kier molecular flexibility index (Phi) is 5.78. The maximum atomic E-state index is 11.5. The number of alkyl carbamates (subject to hydrolysis) is 1. The maximum Gasteiger partial charge on any atom is 0.407 e. The van der Waals surface area contributed by atoms with Crippen LogP contribution in [0.1, 0.15) is 16.7 Å². The van der Waals surface area contributed by atoms with E-state index in [1.165, 1.54) is 12.1 Å². The molecule has 0 saturated heterocycles. The standard InChI is InChI=1S/C18H16N2O3/c19-12-15-8-9-17(21)16(11-15)7-4-10-20-18(22)23-13-14-5-2-1-3-6-14/h1-9,11,21H,10,13H2,(H,20,22). The van der Waals surface area contributed by atoms with E-state index in [0.29, 0.717) is 11.1 Å². The summed E-state index contributed by atoms with van der Waals surface area (Å²) in [5.74, 6) is 0.0758. The third-order valence-corrected chi connectivity index (χ3v) is 3.03. The fourth-order valence-corrected chi connectivity index (χ4v) is 1.86. The molecule has 2 aromatic rings. The predicted molar refractivity (Wildman–Crippen MR) is 86.5 cm³/mol. The zero-order chi connectivity index (χ0) is 16.5. The molecule has 116 valence electrons. The first kappa shape index (κ1) is 16.1. The zero-order valence-corrected chi connectivity index (χ0v) is 12.4. The number of carbonyl (C=O) groups is 1. The van der Waals surface area contributed by atoms with Gasteiger partial charge in [0.1, 0.15) is 12.4 Å². The van der Waals surface area contributed by atoms with Crippen LogP contribution >= 0.6 is 0 Å². The quantitative estimate of drug-likeness (QED) is 0.888. The average Bonchev–Trinajstić information content (AvgIpc) is 2.59. The molecule has 5 nitrogen and oxygen atoms in total. The normalized spacial score (nSPS) is 10.2. The molecular formula is C18H16N2O3. The zero-order valence-electron chi connectivity index (χ0n) is 12.4. The van der Waals surface area contributed by atoms with Crippen LogP contribution in [-0.2, 0) is 11.3 Å². The molecule has 0 aliphatic rings. The minimum Gasteiger partial charge on any atom is -0.507 e. The van der Waals surface area contributed by atoms with E-state index in [4.69, 9.17) is 10.00 Å². The van der Waals surface area contributed by atoms with Crippen LogP contribution in [-0.4, -0.2) is 17.7 Å². The number of amides is 1. The summed E-state index contributed by atoms with van der Waals surface area (Å²) in [5, 5.41) is 21.1. The number of nitrogens with one attached hydrogen (secondary N) is 1. The van der Waals surface area contributed by atoms with Crippen molar-refractivity contribution in [1.82, 2.24) is 5.32 Å². The Labute approximate surface area is 134 Å². The van der Waals surface area contributed by atoms with E-state index >= 15 is 0 Å². The van der Waals surface area contributed by atoms with E-state index in [1.54, 1.807) is 18.2 Å². The van der Waals surface area contributed by atoms with Gasteiger partial charge in [-0.2, -0.15) is 5.26 Å². The van der Waals surface area contributed by atoms with E-state index in [1.807, 2.05) is 36.4 Å². The lowest BCUT2D eigenvalue weighted by atomic mass is 10.1. The van der Waals surface area contributed by atoms with Crippen molar-refractivity contribution in [1.29, 1.82) is 5.26 Å². The fourth-order valence-electron chi connectivity index (χ4n) is 1.86. The monoisotopic (exact) mass is 308 g/mol. The molecule has 0 heterocycles. The summed E-state index contributed by atoms with van der Waals surface area (Å²) >= 11 is 0. The number of phenols is 1. The molecule has 0 atom stereocenters. The van der Waals surface area contributed by atoms with E-state index in [0.717, 1.165) is 5.56 Å². The molecule has 2 rings (SSSR count). The number of carbonyl (C=O) groups excluding carboxylic acids is 1. The van der Waals surface area contributed by atoms with Gasteiger partial charge in [0.15, 0.2) is 0 Å². The lowest BCUT2D eigenvalue weighted by Gasteiger charge is -2.05. The number of rotatable bonds is 5. The SMILES string of the molecule is N#Cc1ccc(O)c(C=CCNC(=O)OCc2ccccc2)c1. The lowest BCUT2D eigenvalue weighted by Crippen LogP contribution is -2.24. The Balaban J connectivity index is 1.78. The van der Waals surface area contributed by atoms with Gasteiger partial charge in [0.2, 0.25) is 0 Å². The second kappa shape index (κ2) is 8.25. The largest absolute Gasteiger partial charge is 0.507 e. The smallest absolute Gasteiger partial charge is 0.407 e. The molecule has 5 heteroatoms. The summed E-state index contributed by atoms with van der Waals surface area (Å²) in [6.45, 7) is 0.464. The van der Waals surface area contributed by atoms with Crippen molar-refractivity contribution >= 4 is 12.2 Å². The van der Waals surface area contributed by atoms with Crippen LogP contribution in [0.15, 0.2) is 54.6 Å². The van der Waals surface area contributed by atoms with Gasteiger partial charge in [-0.25, -0.2) is 4.79 Å². The van der Waals surface area contributed by atoms with Crippen molar-refractivity contribution in [2.75, 3.05) is 6.54 Å². The Bertz CT molecular complexity index is 734. The molecule has 1 amide bonds. The summed E-state index contributed by atoms with van der Waals surface area (Å²) in [6, 6.07) is 16.0. The predicted octanol–water partition coefficient (Wildman–Crippen LogP) is 3.20. The van der Waals surface area contributed by atoms with E-state index in [9.17, 15) is 9.90 Å². The highest BCUT2D eigenvalue weighted by molar-refractivity contribution is 5.68. The fraction of sp³-hybridized carbons (Fsp3) is 0.111. The average molecular weight is 308 g/mol. The van der Waals surface area contributed by atoms with Crippen molar-refractivity contribution in [2.24, 2.45) is 0 Å². The summed E-state index contributed by atoms with van der Waals surface area (Å²) < 4.78 is 5.06. The summed E-state index contributed by atoms with van der Waals surface area (Å²) in [5.41, 5.74) is 1.89. The van der Waals surface area contributed by atoms with Gasteiger partial charge in [0.25, 0.3) is 0 Å². The van der Waals surface area contributed by atoms with Crippen LogP contribution in [0.2, 0.25) is 0 Å². The minimum atomic E-state index is -0.520. The number of hydrogen-bond acceptors (Lipinski definition) is 4. The molecule has 0 fully saturated rings. The first-order chi connectivity index (χ1) is 11.2. The molecule has 0 radical (unpaired) electrons. The number of nitriles is 1. The van der Waals surface area contributed by atoms with Gasteiger partial charge in [-0.05, 0) is 23.8 Å². The van der Waals surface area contributed by atoms with E-state index in [-0.39, 0.29) is 18.9 Å². The molecule has 0 saturated carbocycles. The number of hydrogen-bond donors (Lipinski definition) is 2. The van der Waals surface area contributed by atoms with Crippen LogP contribution < -0.4 is 5.32 Å². The molecule has 2 N–H and O–H groups in total.